The van der Waals surface area contributed by atoms with Crippen molar-refractivity contribution >= 4 is 23.3 Å². The molecule has 236 valence electrons. The first kappa shape index (κ1) is 33.8. The molecule has 0 radical (unpaired) electrons. The fourth-order valence-electron chi connectivity index (χ4n) is 6.51. The SMILES string of the molecule is CC(CCc1ccc2c(c1O)C(=O)c1c(Sc3ccccc3)cc(CCC(C)C(N)C(C)(C)C)c(O)c1C2=O)CC(C)(C)C. The predicted octanol–water partition coefficient (Wildman–Crippen LogP) is 8.97. The van der Waals surface area contributed by atoms with Crippen molar-refractivity contribution in [1.82, 2.24) is 0 Å². The van der Waals surface area contributed by atoms with Crippen LogP contribution in [0.3, 0.4) is 0 Å². The van der Waals surface area contributed by atoms with Crippen molar-refractivity contribution in [1.29, 1.82) is 0 Å². The second kappa shape index (κ2) is 13.1. The van der Waals surface area contributed by atoms with Crippen molar-refractivity contribution in [2.45, 2.75) is 103 Å². The first-order chi connectivity index (χ1) is 20.5. The van der Waals surface area contributed by atoms with Gasteiger partial charge in [-0.15, -0.1) is 0 Å². The molecule has 4 rings (SSSR count). The summed E-state index contributed by atoms with van der Waals surface area (Å²) in [5, 5.41) is 22.9. The van der Waals surface area contributed by atoms with Gasteiger partial charge in [-0.05, 0) is 90.2 Å². The minimum Gasteiger partial charge on any atom is -0.507 e. The van der Waals surface area contributed by atoms with Gasteiger partial charge in [0.1, 0.15) is 11.5 Å². The van der Waals surface area contributed by atoms with Gasteiger partial charge in [0.2, 0.25) is 0 Å². The number of hydrogen-bond donors (Lipinski definition) is 3. The van der Waals surface area contributed by atoms with Crippen LogP contribution in [0.15, 0.2) is 58.3 Å². The molecule has 0 aliphatic heterocycles. The molecule has 3 unspecified atom stereocenters. The van der Waals surface area contributed by atoms with E-state index in [-0.39, 0.29) is 56.5 Å². The maximum atomic E-state index is 14.2. The van der Waals surface area contributed by atoms with Crippen molar-refractivity contribution < 1.29 is 19.8 Å². The molecule has 0 heterocycles. The highest BCUT2D eigenvalue weighted by molar-refractivity contribution is 7.99. The molecule has 0 aromatic heterocycles. The number of fused-ring (bicyclic) bond motifs is 2. The lowest BCUT2D eigenvalue weighted by Crippen LogP contribution is -2.40. The number of carbonyl (C=O) groups excluding carboxylic acids is 2. The predicted molar refractivity (Wildman–Crippen MR) is 180 cm³/mol. The second-order valence-electron chi connectivity index (χ2n) is 15.0. The summed E-state index contributed by atoms with van der Waals surface area (Å²) in [6, 6.07) is 14.9. The molecule has 4 N–H and O–H groups in total. The summed E-state index contributed by atoms with van der Waals surface area (Å²) >= 11 is 1.39. The molecule has 3 aromatic rings. The van der Waals surface area contributed by atoms with Crippen LogP contribution < -0.4 is 5.73 Å². The molecular formula is C38H49NO4S. The quantitative estimate of drug-likeness (QED) is 0.165. The minimum atomic E-state index is -0.439. The number of nitrogens with two attached hydrogens (primary N) is 1. The van der Waals surface area contributed by atoms with Gasteiger partial charge in [-0.2, -0.15) is 0 Å². The Morgan fingerprint density at radius 3 is 2.00 bits per heavy atom. The van der Waals surface area contributed by atoms with Crippen LogP contribution >= 0.6 is 11.8 Å². The fraction of sp³-hybridized carbons (Fsp3) is 0.474. The Morgan fingerprint density at radius 1 is 0.773 bits per heavy atom. The van der Waals surface area contributed by atoms with Crippen molar-refractivity contribution in [3.05, 3.63) is 81.9 Å². The van der Waals surface area contributed by atoms with Crippen molar-refractivity contribution in [3.63, 3.8) is 0 Å². The number of carbonyl (C=O) groups is 2. The van der Waals surface area contributed by atoms with Crippen LogP contribution in [0.5, 0.6) is 11.5 Å². The average molecular weight is 616 g/mol. The zero-order chi connectivity index (χ0) is 32.6. The van der Waals surface area contributed by atoms with Crippen LogP contribution in [0, 0.1) is 22.7 Å². The zero-order valence-corrected chi connectivity index (χ0v) is 28.4. The van der Waals surface area contributed by atoms with Crippen LogP contribution in [0.4, 0.5) is 0 Å². The largest absolute Gasteiger partial charge is 0.507 e. The molecule has 5 nitrogen and oxygen atoms in total. The number of rotatable bonds is 10. The third-order valence-electron chi connectivity index (χ3n) is 8.85. The van der Waals surface area contributed by atoms with Gasteiger partial charge in [-0.1, -0.05) is 91.4 Å². The standard InChI is InChI=1S/C38H49NO4S/c1-22(21-37(3,4)5)14-16-24-18-19-27-29(32(24)40)35(43)30-28(44-26-12-10-9-11-13-26)20-25(33(41)31(30)34(27)42)17-15-23(2)36(39)38(6,7)8/h9-13,18-20,22-23,36,40-41H,14-17,21,39H2,1-8H3. The van der Waals surface area contributed by atoms with Crippen molar-refractivity contribution in [2.75, 3.05) is 0 Å². The number of aryl methyl sites for hydroxylation is 2. The number of phenols is 2. The lowest BCUT2D eigenvalue weighted by Gasteiger charge is -2.32. The molecule has 0 spiro atoms. The Bertz CT molecular complexity index is 1530. The maximum Gasteiger partial charge on any atom is 0.199 e. The van der Waals surface area contributed by atoms with Crippen LogP contribution in [0.2, 0.25) is 0 Å². The molecule has 1 aliphatic rings. The van der Waals surface area contributed by atoms with Gasteiger partial charge in [-0.3, -0.25) is 9.59 Å². The molecule has 0 saturated heterocycles. The summed E-state index contributed by atoms with van der Waals surface area (Å²) < 4.78 is 0. The Hall–Kier alpha value is -3.09. The number of hydrogen-bond acceptors (Lipinski definition) is 6. The number of aromatic hydroxyl groups is 2. The highest BCUT2D eigenvalue weighted by Gasteiger charge is 2.38. The van der Waals surface area contributed by atoms with Crippen LogP contribution in [0.25, 0.3) is 0 Å². The van der Waals surface area contributed by atoms with Gasteiger partial charge in [0.15, 0.2) is 11.6 Å². The van der Waals surface area contributed by atoms with Gasteiger partial charge in [0.25, 0.3) is 0 Å². The lowest BCUT2D eigenvalue weighted by atomic mass is 9.77. The maximum absolute atomic E-state index is 14.2. The average Bonchev–Trinajstić information content (AvgIpc) is 2.93. The molecule has 3 aromatic carbocycles. The topological polar surface area (TPSA) is 101 Å². The summed E-state index contributed by atoms with van der Waals surface area (Å²) in [6.45, 7) is 17.3. The van der Waals surface area contributed by atoms with E-state index in [0.717, 1.165) is 24.2 Å². The van der Waals surface area contributed by atoms with E-state index in [9.17, 15) is 19.8 Å². The Kier molecular flexibility index (Phi) is 10.1. The van der Waals surface area contributed by atoms with Crippen molar-refractivity contribution in [3.8, 4) is 11.5 Å². The van der Waals surface area contributed by atoms with Crippen molar-refractivity contribution in [2.24, 2.45) is 28.4 Å². The highest BCUT2D eigenvalue weighted by atomic mass is 32.2. The number of ketones is 2. The molecular weight excluding hydrogens is 566 g/mol. The van der Waals surface area contributed by atoms with E-state index >= 15 is 0 Å². The smallest absolute Gasteiger partial charge is 0.199 e. The summed E-state index contributed by atoms with van der Waals surface area (Å²) in [6.07, 6.45) is 3.74. The van der Waals surface area contributed by atoms with E-state index in [1.165, 1.54) is 11.8 Å². The van der Waals surface area contributed by atoms with Gasteiger partial charge < -0.3 is 15.9 Å². The number of benzene rings is 3. The van der Waals surface area contributed by atoms with E-state index in [1.54, 1.807) is 12.1 Å². The molecule has 3 atom stereocenters. The lowest BCUT2D eigenvalue weighted by molar-refractivity contribution is 0.0971. The minimum absolute atomic E-state index is 0.0251. The molecule has 1 aliphatic carbocycles. The van der Waals surface area contributed by atoms with Crippen LogP contribution in [-0.4, -0.2) is 27.8 Å². The Balaban J connectivity index is 1.75. The normalized spacial score (nSPS) is 15.5. The Labute approximate surface area is 267 Å². The van der Waals surface area contributed by atoms with Gasteiger partial charge >= 0.3 is 0 Å². The molecule has 44 heavy (non-hydrogen) atoms. The van der Waals surface area contributed by atoms with Gasteiger partial charge in [0.05, 0.1) is 16.7 Å². The first-order valence-electron chi connectivity index (χ1n) is 15.8. The van der Waals surface area contributed by atoms with E-state index in [2.05, 4.69) is 55.4 Å². The van der Waals surface area contributed by atoms with Crippen LogP contribution in [-0.2, 0) is 12.8 Å². The fourth-order valence-corrected chi connectivity index (χ4v) is 7.56. The third kappa shape index (κ3) is 7.40. The molecule has 6 heteroatoms. The zero-order valence-electron chi connectivity index (χ0n) is 27.6. The van der Waals surface area contributed by atoms with E-state index in [1.807, 2.05) is 36.4 Å². The third-order valence-corrected chi connectivity index (χ3v) is 9.90. The first-order valence-corrected chi connectivity index (χ1v) is 16.6. The molecule has 0 amide bonds. The van der Waals surface area contributed by atoms with Gasteiger partial charge in [-0.25, -0.2) is 0 Å². The second-order valence-corrected chi connectivity index (χ2v) is 16.1. The molecule has 0 fully saturated rings. The summed E-state index contributed by atoms with van der Waals surface area (Å²) in [7, 11) is 0. The Morgan fingerprint density at radius 2 is 1.39 bits per heavy atom. The summed E-state index contributed by atoms with van der Waals surface area (Å²) in [5.41, 5.74) is 8.31. The highest BCUT2D eigenvalue weighted by Crippen LogP contribution is 2.45. The van der Waals surface area contributed by atoms with Gasteiger partial charge in [0, 0.05) is 21.4 Å². The molecule has 0 bridgehead atoms. The number of phenolic OH excluding ortho intramolecular Hbond substituents is 2. The van der Waals surface area contributed by atoms with E-state index < -0.39 is 11.6 Å². The summed E-state index contributed by atoms with van der Waals surface area (Å²) in [5.74, 6) is -0.536. The van der Waals surface area contributed by atoms with Crippen LogP contribution in [0.1, 0.15) is 118 Å². The monoisotopic (exact) mass is 615 g/mol. The summed E-state index contributed by atoms with van der Waals surface area (Å²) in [4.78, 5) is 29.8. The molecule has 0 saturated carbocycles. The van der Waals surface area contributed by atoms with E-state index in [4.69, 9.17) is 5.73 Å². The van der Waals surface area contributed by atoms with E-state index in [0.29, 0.717) is 34.8 Å².